The summed E-state index contributed by atoms with van der Waals surface area (Å²) >= 11 is 4.48. The summed E-state index contributed by atoms with van der Waals surface area (Å²) in [6, 6.07) is -0.594. The molecule has 1 saturated heterocycles. The Labute approximate surface area is 139 Å². The van der Waals surface area contributed by atoms with Crippen molar-refractivity contribution in [1.29, 1.82) is 0 Å². The summed E-state index contributed by atoms with van der Waals surface area (Å²) in [4.78, 5) is 24.7. The Bertz CT molecular complexity index is 660. The lowest BCUT2D eigenvalue weighted by molar-refractivity contribution is -0.147. The van der Waals surface area contributed by atoms with Crippen LogP contribution in [0.2, 0.25) is 0 Å². The van der Waals surface area contributed by atoms with Gasteiger partial charge in [-0.05, 0) is 12.0 Å². The van der Waals surface area contributed by atoms with Crippen molar-refractivity contribution in [3.63, 3.8) is 0 Å². The molecule has 3 heterocycles. The summed E-state index contributed by atoms with van der Waals surface area (Å²) < 4.78 is 0.813. The molecule has 2 aliphatic heterocycles. The van der Waals surface area contributed by atoms with Crippen LogP contribution in [0.15, 0.2) is 15.6 Å². The first-order valence-electron chi connectivity index (χ1n) is 6.63. The van der Waals surface area contributed by atoms with Gasteiger partial charge in [0.2, 0.25) is 5.91 Å². The zero-order valence-corrected chi connectivity index (χ0v) is 14.1. The number of carbonyl (C=O) groups excluding carboxylic acids is 1. The van der Waals surface area contributed by atoms with Crippen molar-refractivity contribution in [2.45, 2.75) is 29.1 Å². The highest BCUT2D eigenvalue weighted by Gasteiger charge is 2.51. The van der Waals surface area contributed by atoms with Crippen LogP contribution in [0.25, 0.3) is 0 Å². The molecule has 0 saturated carbocycles. The van der Waals surface area contributed by atoms with Crippen molar-refractivity contribution in [3.05, 3.63) is 16.3 Å². The van der Waals surface area contributed by atoms with E-state index in [4.69, 9.17) is 5.73 Å². The number of rotatable bonds is 5. The normalized spacial score (nSPS) is 24.3. The molecule has 3 N–H and O–H groups in total. The summed E-state index contributed by atoms with van der Waals surface area (Å²) in [7, 11) is 0. The van der Waals surface area contributed by atoms with Crippen molar-refractivity contribution in [1.82, 2.24) is 15.1 Å². The molecule has 0 aliphatic carbocycles. The number of carboxylic acid groups (broad SMARTS) is 1. The maximum atomic E-state index is 11.8. The van der Waals surface area contributed by atoms with Crippen LogP contribution < -0.4 is 5.73 Å². The van der Waals surface area contributed by atoms with E-state index in [1.807, 2.05) is 6.92 Å². The molecule has 2 atom stereocenters. The smallest absolute Gasteiger partial charge is 0.352 e. The highest BCUT2D eigenvalue weighted by molar-refractivity contribution is 8.01. The van der Waals surface area contributed by atoms with Gasteiger partial charge in [0, 0.05) is 11.5 Å². The number of carboxylic acids is 1. The van der Waals surface area contributed by atoms with Crippen molar-refractivity contribution in [3.8, 4) is 0 Å². The lowest BCUT2D eigenvalue weighted by Crippen LogP contribution is -2.68. The van der Waals surface area contributed by atoms with Crippen LogP contribution in [-0.2, 0) is 16.0 Å². The number of β-lactam (4-membered cyclic amide) rings is 1. The van der Waals surface area contributed by atoms with Crippen LogP contribution in [0, 0.1) is 0 Å². The van der Waals surface area contributed by atoms with Crippen molar-refractivity contribution in [2.24, 2.45) is 5.73 Å². The van der Waals surface area contributed by atoms with E-state index in [1.165, 1.54) is 39.8 Å². The maximum absolute atomic E-state index is 11.8. The Morgan fingerprint density at radius 3 is 2.95 bits per heavy atom. The Morgan fingerprint density at radius 1 is 1.55 bits per heavy atom. The highest BCUT2D eigenvalue weighted by atomic mass is 32.2. The number of nitrogens with zero attached hydrogens (tertiary/aromatic N) is 3. The minimum Gasteiger partial charge on any atom is -0.477 e. The minimum absolute atomic E-state index is 0.0863. The largest absolute Gasteiger partial charge is 0.477 e. The number of hydrogen-bond acceptors (Lipinski definition) is 8. The van der Waals surface area contributed by atoms with Gasteiger partial charge in [-0.15, -0.1) is 22.0 Å². The van der Waals surface area contributed by atoms with E-state index in [0.29, 0.717) is 11.5 Å². The Balaban J connectivity index is 1.78. The molecule has 0 radical (unpaired) electrons. The second-order valence-electron chi connectivity index (χ2n) is 4.80. The maximum Gasteiger partial charge on any atom is 0.352 e. The van der Waals surface area contributed by atoms with E-state index in [9.17, 15) is 14.7 Å². The molecule has 22 heavy (non-hydrogen) atoms. The number of aliphatic carboxylic acids is 1. The number of hydrogen-bond donors (Lipinski definition) is 2. The minimum atomic E-state index is -1.08. The predicted octanol–water partition coefficient (Wildman–Crippen LogP) is 0.774. The van der Waals surface area contributed by atoms with Gasteiger partial charge in [0.15, 0.2) is 4.34 Å². The summed E-state index contributed by atoms with van der Waals surface area (Å²) in [6.45, 7) is 2.01. The van der Waals surface area contributed by atoms with Crippen molar-refractivity contribution < 1.29 is 14.7 Å². The molecule has 1 amide bonds. The second-order valence-corrected chi connectivity index (χ2v) is 8.19. The molecule has 1 fully saturated rings. The van der Waals surface area contributed by atoms with Gasteiger partial charge in [-0.3, -0.25) is 9.69 Å². The number of aromatic nitrogens is 2. The lowest BCUT2D eigenvalue weighted by atomic mass is 10.0. The summed E-state index contributed by atoms with van der Waals surface area (Å²) in [6.07, 6.45) is 0.832. The van der Waals surface area contributed by atoms with Gasteiger partial charge in [0.1, 0.15) is 22.1 Å². The molecule has 10 heteroatoms. The van der Waals surface area contributed by atoms with Gasteiger partial charge in [-0.2, -0.15) is 0 Å². The number of thioether (sulfide) groups is 2. The first-order chi connectivity index (χ1) is 10.5. The van der Waals surface area contributed by atoms with E-state index in [-0.39, 0.29) is 17.0 Å². The van der Waals surface area contributed by atoms with Crippen LogP contribution in [0.5, 0.6) is 0 Å². The first-order valence-corrected chi connectivity index (χ1v) is 9.48. The fraction of sp³-hybridized carbons (Fsp3) is 0.500. The van der Waals surface area contributed by atoms with Crippen LogP contribution in [0.1, 0.15) is 11.9 Å². The van der Waals surface area contributed by atoms with Gasteiger partial charge in [0.25, 0.3) is 0 Å². The number of nitrogens with two attached hydrogens (primary N) is 1. The standard InChI is InChI=1S/C12H14N4O3S3/c1-2-6-14-15-12(22-6)21-4-5-3-20-10-7(13)9(17)16(10)8(5)11(18)19/h7,10H,2-4,13H2,1H3,(H,18,19)/t7?,10-/m1/s1. The van der Waals surface area contributed by atoms with Crippen molar-refractivity contribution in [2.75, 3.05) is 11.5 Å². The summed E-state index contributed by atoms with van der Waals surface area (Å²) in [5.74, 6) is -0.344. The average Bonchev–Trinajstić information content (AvgIpc) is 2.99. The molecule has 0 bridgehead atoms. The van der Waals surface area contributed by atoms with Gasteiger partial charge >= 0.3 is 5.97 Å². The van der Waals surface area contributed by atoms with E-state index in [0.717, 1.165) is 21.3 Å². The van der Waals surface area contributed by atoms with Crippen LogP contribution in [0.3, 0.4) is 0 Å². The third-order valence-electron chi connectivity index (χ3n) is 3.41. The fourth-order valence-corrected chi connectivity index (χ4v) is 5.55. The first kappa shape index (κ1) is 15.8. The third kappa shape index (κ3) is 2.64. The van der Waals surface area contributed by atoms with E-state index in [2.05, 4.69) is 10.2 Å². The number of amides is 1. The predicted molar refractivity (Wildman–Crippen MR) is 85.7 cm³/mol. The number of aryl methyl sites for hydroxylation is 1. The second kappa shape index (κ2) is 6.19. The molecule has 1 unspecified atom stereocenters. The van der Waals surface area contributed by atoms with Gasteiger partial charge < -0.3 is 10.8 Å². The van der Waals surface area contributed by atoms with Gasteiger partial charge in [-0.25, -0.2) is 4.79 Å². The Morgan fingerprint density at radius 2 is 2.32 bits per heavy atom. The monoisotopic (exact) mass is 358 g/mol. The molecule has 0 spiro atoms. The molecule has 2 aliphatic rings. The lowest BCUT2D eigenvalue weighted by Gasteiger charge is -2.48. The molecule has 3 rings (SSSR count). The molecule has 0 aromatic carbocycles. The molecule has 7 nitrogen and oxygen atoms in total. The molecular weight excluding hydrogens is 344 g/mol. The molecular formula is C12H14N4O3S3. The summed E-state index contributed by atoms with van der Waals surface area (Å²) in [5, 5.41) is 18.3. The average molecular weight is 358 g/mol. The summed E-state index contributed by atoms with van der Waals surface area (Å²) in [5.41, 5.74) is 6.53. The fourth-order valence-electron chi connectivity index (χ4n) is 2.28. The van der Waals surface area contributed by atoms with Crippen LogP contribution >= 0.6 is 34.9 Å². The molecule has 118 valence electrons. The topological polar surface area (TPSA) is 109 Å². The molecule has 1 aromatic heterocycles. The van der Waals surface area contributed by atoms with Gasteiger partial charge in [0.05, 0.1) is 0 Å². The van der Waals surface area contributed by atoms with Crippen molar-refractivity contribution >= 4 is 46.7 Å². The van der Waals surface area contributed by atoms with E-state index >= 15 is 0 Å². The quantitative estimate of drug-likeness (QED) is 0.587. The molecule has 1 aromatic rings. The SMILES string of the molecule is CCc1nnc(SCC2=C(C(=O)O)N3C(=O)C(N)[C@H]3SC2)s1. The number of fused-ring (bicyclic) bond motifs is 1. The zero-order chi connectivity index (χ0) is 15.9. The number of carbonyl (C=O) groups is 2. The Hall–Kier alpha value is -1.10. The zero-order valence-electron chi connectivity index (χ0n) is 11.7. The van der Waals surface area contributed by atoms with Crippen LogP contribution in [-0.4, -0.2) is 55.0 Å². The third-order valence-corrected chi connectivity index (χ3v) is 7.06. The van der Waals surface area contributed by atoms with E-state index in [1.54, 1.807) is 0 Å². The van der Waals surface area contributed by atoms with Gasteiger partial charge in [-0.1, -0.05) is 30.0 Å². The highest BCUT2D eigenvalue weighted by Crippen LogP contribution is 2.40. The Kier molecular flexibility index (Phi) is 4.44. The van der Waals surface area contributed by atoms with Crippen LogP contribution in [0.4, 0.5) is 0 Å². The van der Waals surface area contributed by atoms with E-state index < -0.39 is 12.0 Å².